The van der Waals surface area contributed by atoms with Gasteiger partial charge in [0.15, 0.2) is 5.78 Å². The summed E-state index contributed by atoms with van der Waals surface area (Å²) in [7, 11) is -3.68. The first-order valence-corrected chi connectivity index (χ1v) is 9.15. The van der Waals surface area contributed by atoms with E-state index in [4.69, 9.17) is 4.74 Å². The minimum absolute atomic E-state index is 0.0814. The average molecular weight is 347 g/mol. The first kappa shape index (κ1) is 18.2. The van der Waals surface area contributed by atoms with Gasteiger partial charge in [0.2, 0.25) is 10.0 Å². The monoisotopic (exact) mass is 347 g/mol. The van der Waals surface area contributed by atoms with Crippen LogP contribution in [0.1, 0.15) is 35.3 Å². The summed E-state index contributed by atoms with van der Waals surface area (Å²) in [6.07, 6.45) is 0. The molecule has 128 valence electrons. The third-order valence-electron chi connectivity index (χ3n) is 3.56. The van der Waals surface area contributed by atoms with Crippen molar-refractivity contribution < 1.29 is 17.9 Å². The molecule has 6 heteroatoms. The van der Waals surface area contributed by atoms with E-state index in [0.717, 1.165) is 16.9 Å². The van der Waals surface area contributed by atoms with E-state index in [1.165, 1.54) is 19.1 Å². The number of hydrogen-bond donors (Lipinski definition) is 1. The van der Waals surface area contributed by atoms with E-state index in [0.29, 0.717) is 12.2 Å². The van der Waals surface area contributed by atoms with Crippen LogP contribution in [0.15, 0.2) is 47.4 Å². The van der Waals surface area contributed by atoms with Crippen molar-refractivity contribution in [2.24, 2.45) is 0 Å². The number of hydrogen-bond acceptors (Lipinski definition) is 4. The van der Waals surface area contributed by atoms with E-state index in [1.807, 2.05) is 32.0 Å². The topological polar surface area (TPSA) is 72.5 Å². The Bertz CT molecular complexity index is 844. The third kappa shape index (κ3) is 4.43. The Kier molecular flexibility index (Phi) is 5.75. The van der Waals surface area contributed by atoms with Gasteiger partial charge in [-0.05, 0) is 50.1 Å². The molecule has 2 aromatic rings. The summed E-state index contributed by atoms with van der Waals surface area (Å²) in [5, 5.41) is 0. The van der Waals surface area contributed by atoms with Gasteiger partial charge in [-0.1, -0.05) is 24.3 Å². The Labute approximate surface area is 142 Å². The van der Waals surface area contributed by atoms with E-state index >= 15 is 0 Å². The maximum atomic E-state index is 12.4. The molecule has 24 heavy (non-hydrogen) atoms. The number of carbonyl (C=O) groups excluding carboxylic acids is 1. The number of ketones is 1. The van der Waals surface area contributed by atoms with Crippen molar-refractivity contribution in [2.45, 2.75) is 32.2 Å². The van der Waals surface area contributed by atoms with E-state index in [9.17, 15) is 13.2 Å². The zero-order valence-electron chi connectivity index (χ0n) is 14.0. The Morgan fingerprint density at radius 2 is 1.92 bits per heavy atom. The molecule has 0 amide bonds. The van der Waals surface area contributed by atoms with Crippen molar-refractivity contribution in [3.8, 4) is 5.75 Å². The van der Waals surface area contributed by atoms with Crippen molar-refractivity contribution in [3.63, 3.8) is 0 Å². The molecule has 0 heterocycles. The number of rotatable bonds is 7. The molecule has 0 spiro atoms. The number of ether oxygens (including phenoxy) is 1. The summed E-state index contributed by atoms with van der Waals surface area (Å²) >= 11 is 0. The van der Waals surface area contributed by atoms with Gasteiger partial charge < -0.3 is 4.74 Å². The Morgan fingerprint density at radius 3 is 2.54 bits per heavy atom. The molecular weight excluding hydrogens is 326 g/mol. The van der Waals surface area contributed by atoms with E-state index in [-0.39, 0.29) is 17.2 Å². The summed E-state index contributed by atoms with van der Waals surface area (Å²) in [5.74, 6) is 0.618. The van der Waals surface area contributed by atoms with Crippen molar-refractivity contribution in [2.75, 3.05) is 6.61 Å². The maximum Gasteiger partial charge on any atom is 0.240 e. The third-order valence-corrected chi connectivity index (χ3v) is 4.96. The minimum atomic E-state index is -3.68. The lowest BCUT2D eigenvalue weighted by molar-refractivity contribution is 0.101. The lowest BCUT2D eigenvalue weighted by atomic mass is 10.1. The molecule has 0 aliphatic heterocycles. The smallest absolute Gasteiger partial charge is 0.240 e. The molecule has 0 bridgehead atoms. The zero-order chi connectivity index (χ0) is 17.7. The molecule has 2 aromatic carbocycles. The summed E-state index contributed by atoms with van der Waals surface area (Å²) in [6.45, 7) is 5.98. The molecule has 0 radical (unpaired) electrons. The largest absolute Gasteiger partial charge is 0.494 e. The van der Waals surface area contributed by atoms with Gasteiger partial charge in [0.05, 0.1) is 11.5 Å². The number of nitrogens with one attached hydrogen (secondary N) is 1. The first-order chi connectivity index (χ1) is 11.3. The Balaban J connectivity index is 2.14. The lowest BCUT2D eigenvalue weighted by Gasteiger charge is -2.11. The van der Waals surface area contributed by atoms with Crippen LogP contribution in [0.3, 0.4) is 0 Å². The van der Waals surface area contributed by atoms with Gasteiger partial charge >= 0.3 is 0 Å². The minimum Gasteiger partial charge on any atom is -0.494 e. The van der Waals surface area contributed by atoms with Crippen LogP contribution < -0.4 is 9.46 Å². The molecule has 5 nitrogen and oxygen atoms in total. The van der Waals surface area contributed by atoms with E-state index in [1.54, 1.807) is 12.1 Å². The summed E-state index contributed by atoms with van der Waals surface area (Å²) < 4.78 is 32.8. The van der Waals surface area contributed by atoms with Gasteiger partial charge in [0.25, 0.3) is 0 Å². The van der Waals surface area contributed by atoms with Crippen LogP contribution in [0.4, 0.5) is 0 Å². The number of sulfonamides is 1. The van der Waals surface area contributed by atoms with Crippen LogP contribution in [0.25, 0.3) is 0 Å². The SMILES string of the molecule is CCOc1ccc(CNS(=O)(=O)c2cccc(C(C)=O)c2)cc1C. The van der Waals surface area contributed by atoms with Crippen molar-refractivity contribution in [3.05, 3.63) is 59.2 Å². The highest BCUT2D eigenvalue weighted by Gasteiger charge is 2.15. The summed E-state index contributed by atoms with van der Waals surface area (Å²) in [4.78, 5) is 11.5. The van der Waals surface area contributed by atoms with Crippen molar-refractivity contribution in [1.29, 1.82) is 0 Å². The molecule has 0 unspecified atom stereocenters. The fraction of sp³-hybridized carbons (Fsp3) is 0.278. The molecule has 0 saturated carbocycles. The highest BCUT2D eigenvalue weighted by molar-refractivity contribution is 7.89. The second-order valence-electron chi connectivity index (χ2n) is 5.44. The van der Waals surface area contributed by atoms with Crippen LogP contribution in [-0.4, -0.2) is 20.8 Å². The summed E-state index contributed by atoms with van der Waals surface area (Å²) in [6, 6.07) is 11.6. The predicted molar refractivity (Wildman–Crippen MR) is 92.8 cm³/mol. The van der Waals surface area contributed by atoms with Crippen molar-refractivity contribution >= 4 is 15.8 Å². The number of carbonyl (C=O) groups is 1. The molecule has 1 N–H and O–H groups in total. The number of benzene rings is 2. The fourth-order valence-electron chi connectivity index (χ4n) is 2.28. The number of Topliss-reactive ketones (excluding diaryl/α,β-unsaturated/α-hetero) is 1. The van der Waals surface area contributed by atoms with Crippen molar-refractivity contribution in [1.82, 2.24) is 4.72 Å². The molecular formula is C18H21NO4S. The molecule has 0 fully saturated rings. The van der Waals surface area contributed by atoms with E-state index < -0.39 is 10.0 Å². The van der Waals surface area contributed by atoms with Crippen LogP contribution in [0, 0.1) is 6.92 Å². The number of aryl methyl sites for hydroxylation is 1. The van der Waals surface area contributed by atoms with Gasteiger partial charge in [-0.25, -0.2) is 13.1 Å². The van der Waals surface area contributed by atoms with Crippen LogP contribution in [0.5, 0.6) is 5.75 Å². The average Bonchev–Trinajstić information content (AvgIpc) is 2.55. The Hall–Kier alpha value is -2.18. The quantitative estimate of drug-likeness (QED) is 0.781. The highest BCUT2D eigenvalue weighted by Crippen LogP contribution is 2.19. The van der Waals surface area contributed by atoms with Gasteiger partial charge in [0, 0.05) is 12.1 Å². The Morgan fingerprint density at radius 1 is 1.17 bits per heavy atom. The second kappa shape index (κ2) is 7.59. The molecule has 0 atom stereocenters. The van der Waals surface area contributed by atoms with E-state index in [2.05, 4.69) is 4.72 Å². The van der Waals surface area contributed by atoms with Crippen LogP contribution in [-0.2, 0) is 16.6 Å². The molecule has 0 aliphatic carbocycles. The second-order valence-corrected chi connectivity index (χ2v) is 7.21. The lowest BCUT2D eigenvalue weighted by Crippen LogP contribution is -2.23. The zero-order valence-corrected chi connectivity index (χ0v) is 14.8. The molecule has 0 aliphatic rings. The van der Waals surface area contributed by atoms with Crippen LogP contribution >= 0.6 is 0 Å². The van der Waals surface area contributed by atoms with Crippen LogP contribution in [0.2, 0.25) is 0 Å². The molecule has 0 saturated heterocycles. The first-order valence-electron chi connectivity index (χ1n) is 7.66. The van der Waals surface area contributed by atoms with Gasteiger partial charge in [-0.3, -0.25) is 4.79 Å². The maximum absolute atomic E-state index is 12.4. The predicted octanol–water partition coefficient (Wildman–Crippen LogP) is 3.07. The standard InChI is InChI=1S/C18H21NO4S/c1-4-23-18-9-8-15(10-13(18)2)12-19-24(21,22)17-7-5-6-16(11-17)14(3)20/h5-11,19H,4,12H2,1-3H3. The van der Waals surface area contributed by atoms with Gasteiger partial charge in [-0.2, -0.15) is 0 Å². The van der Waals surface area contributed by atoms with Gasteiger partial charge in [-0.15, -0.1) is 0 Å². The fourth-order valence-corrected chi connectivity index (χ4v) is 3.35. The molecule has 2 rings (SSSR count). The molecule has 0 aromatic heterocycles. The normalized spacial score (nSPS) is 11.3. The van der Waals surface area contributed by atoms with Gasteiger partial charge in [0.1, 0.15) is 5.75 Å². The highest BCUT2D eigenvalue weighted by atomic mass is 32.2. The summed E-state index contributed by atoms with van der Waals surface area (Å²) in [5.41, 5.74) is 2.16.